The van der Waals surface area contributed by atoms with Gasteiger partial charge in [0.25, 0.3) is 0 Å². The van der Waals surface area contributed by atoms with Crippen molar-refractivity contribution in [2.24, 2.45) is 0 Å². The van der Waals surface area contributed by atoms with Gasteiger partial charge >= 0.3 is 11.4 Å². The molecule has 0 unspecified atom stereocenters. The van der Waals surface area contributed by atoms with Crippen molar-refractivity contribution in [2.45, 2.75) is 6.54 Å². The minimum absolute atomic E-state index is 0.0209. The summed E-state index contributed by atoms with van der Waals surface area (Å²) in [7, 11) is 1.54. The molecule has 0 saturated heterocycles. The normalized spacial score (nSPS) is 10.7. The van der Waals surface area contributed by atoms with E-state index in [4.69, 9.17) is 4.74 Å². The Kier molecular flexibility index (Phi) is 6.18. The van der Waals surface area contributed by atoms with Crippen LogP contribution >= 0.6 is 0 Å². The number of fused-ring (bicyclic) bond motifs is 1. The number of benzene rings is 3. The number of rotatable bonds is 6. The van der Waals surface area contributed by atoms with Crippen LogP contribution in [-0.2, 0) is 6.54 Å². The Hall–Kier alpha value is -5.30. The zero-order valence-electron chi connectivity index (χ0n) is 19.6. The van der Waals surface area contributed by atoms with Crippen LogP contribution in [0.5, 0.6) is 5.75 Å². The lowest BCUT2D eigenvalue weighted by Crippen LogP contribution is -2.42. The SMILES string of the molecule is COc1ccc(Nc2nc(=O)n(-c3cncc4ccccc34)c(=O)n2Cc2ccc(F)c(C#N)c2)cc1. The molecule has 0 aliphatic carbocycles. The van der Waals surface area contributed by atoms with Crippen LogP contribution in [-0.4, -0.2) is 26.2 Å². The molecule has 0 aliphatic rings. The molecule has 0 amide bonds. The maximum atomic E-state index is 13.9. The predicted molar refractivity (Wildman–Crippen MR) is 136 cm³/mol. The highest BCUT2D eigenvalue weighted by Gasteiger charge is 2.18. The van der Waals surface area contributed by atoms with Gasteiger partial charge in [-0.1, -0.05) is 30.3 Å². The molecule has 3 aromatic carbocycles. The molecule has 1 N–H and O–H groups in total. The molecule has 0 saturated carbocycles. The van der Waals surface area contributed by atoms with Crippen LogP contribution < -0.4 is 21.4 Å². The Morgan fingerprint density at radius 1 is 1.05 bits per heavy atom. The van der Waals surface area contributed by atoms with Crippen molar-refractivity contribution in [1.82, 2.24) is 19.1 Å². The van der Waals surface area contributed by atoms with Gasteiger partial charge in [0.1, 0.15) is 17.6 Å². The third kappa shape index (κ3) is 4.53. The fraction of sp³-hybridized carbons (Fsp3) is 0.0741. The molecule has 0 aliphatic heterocycles. The van der Waals surface area contributed by atoms with E-state index in [2.05, 4.69) is 15.3 Å². The zero-order valence-corrected chi connectivity index (χ0v) is 19.6. The maximum absolute atomic E-state index is 13.9. The number of aromatic nitrogens is 4. The predicted octanol–water partition coefficient (Wildman–Crippen LogP) is 3.75. The molecule has 182 valence electrons. The Morgan fingerprint density at radius 2 is 1.84 bits per heavy atom. The first kappa shape index (κ1) is 23.4. The first-order valence-corrected chi connectivity index (χ1v) is 11.1. The number of anilines is 2. The number of nitrogens with one attached hydrogen (secondary N) is 1. The fourth-order valence-electron chi connectivity index (χ4n) is 3.96. The first-order chi connectivity index (χ1) is 18.0. The second-order valence-electron chi connectivity index (χ2n) is 8.08. The molecular formula is C27H19FN6O3. The number of nitriles is 1. The maximum Gasteiger partial charge on any atom is 0.359 e. The quantitative estimate of drug-likeness (QED) is 0.382. The highest BCUT2D eigenvalue weighted by molar-refractivity contribution is 5.89. The smallest absolute Gasteiger partial charge is 0.359 e. The monoisotopic (exact) mass is 494 g/mol. The van der Waals surface area contributed by atoms with Crippen LogP contribution in [0.15, 0.2) is 88.7 Å². The molecule has 0 atom stereocenters. The highest BCUT2D eigenvalue weighted by Crippen LogP contribution is 2.21. The van der Waals surface area contributed by atoms with E-state index < -0.39 is 17.2 Å². The number of nitrogens with zero attached hydrogens (tertiary/aromatic N) is 5. The zero-order chi connectivity index (χ0) is 25.9. The number of halogens is 1. The summed E-state index contributed by atoms with van der Waals surface area (Å²) in [5, 5.41) is 13.6. The van der Waals surface area contributed by atoms with Crippen LogP contribution in [0.3, 0.4) is 0 Å². The summed E-state index contributed by atoms with van der Waals surface area (Å²) in [5.74, 6) is -0.0577. The minimum atomic E-state index is -0.799. The van der Waals surface area contributed by atoms with Crippen LogP contribution in [0.2, 0.25) is 0 Å². The van der Waals surface area contributed by atoms with Gasteiger partial charge in [0.15, 0.2) is 0 Å². The van der Waals surface area contributed by atoms with E-state index in [-0.39, 0.29) is 23.7 Å². The number of pyridine rings is 1. The summed E-state index contributed by atoms with van der Waals surface area (Å²) in [6, 6.07) is 19.9. The van der Waals surface area contributed by atoms with Gasteiger partial charge in [-0.2, -0.15) is 10.2 Å². The van der Waals surface area contributed by atoms with Gasteiger partial charge in [0.2, 0.25) is 5.95 Å². The van der Waals surface area contributed by atoms with Crippen LogP contribution in [0.25, 0.3) is 16.5 Å². The topological polar surface area (TPSA) is 115 Å². The van der Waals surface area contributed by atoms with E-state index in [0.29, 0.717) is 22.4 Å². The van der Waals surface area contributed by atoms with Crippen molar-refractivity contribution in [3.05, 3.63) is 117 Å². The van der Waals surface area contributed by atoms with E-state index >= 15 is 0 Å². The molecule has 0 fully saturated rings. The van der Waals surface area contributed by atoms with Gasteiger partial charge in [0.05, 0.1) is 31.1 Å². The van der Waals surface area contributed by atoms with Crippen molar-refractivity contribution in [2.75, 3.05) is 12.4 Å². The Morgan fingerprint density at radius 3 is 2.59 bits per heavy atom. The average Bonchev–Trinajstić information content (AvgIpc) is 2.92. The van der Waals surface area contributed by atoms with Crippen molar-refractivity contribution in [1.29, 1.82) is 5.26 Å². The molecule has 37 heavy (non-hydrogen) atoms. The van der Waals surface area contributed by atoms with Crippen LogP contribution in [0.4, 0.5) is 16.0 Å². The van der Waals surface area contributed by atoms with Gasteiger partial charge < -0.3 is 10.1 Å². The lowest BCUT2D eigenvalue weighted by molar-refractivity contribution is 0.415. The van der Waals surface area contributed by atoms with Crippen molar-refractivity contribution < 1.29 is 9.13 Å². The molecule has 5 aromatic rings. The average molecular weight is 494 g/mol. The van der Waals surface area contributed by atoms with Crippen molar-refractivity contribution >= 4 is 22.4 Å². The Balaban J connectivity index is 1.70. The molecule has 0 bridgehead atoms. The van der Waals surface area contributed by atoms with E-state index in [9.17, 15) is 19.2 Å². The molecule has 9 nitrogen and oxygen atoms in total. The summed E-state index contributed by atoms with van der Waals surface area (Å²) in [4.78, 5) is 35.4. The van der Waals surface area contributed by atoms with E-state index in [1.165, 1.54) is 22.9 Å². The number of hydrogen-bond acceptors (Lipinski definition) is 7. The van der Waals surface area contributed by atoms with E-state index in [0.717, 1.165) is 16.0 Å². The van der Waals surface area contributed by atoms with E-state index in [1.54, 1.807) is 55.8 Å². The summed E-state index contributed by atoms with van der Waals surface area (Å²) in [6.07, 6.45) is 3.07. The second-order valence-corrected chi connectivity index (χ2v) is 8.08. The molecule has 0 spiro atoms. The summed E-state index contributed by atoms with van der Waals surface area (Å²) in [5.41, 5.74) is -0.329. The molecule has 2 aromatic heterocycles. The van der Waals surface area contributed by atoms with Crippen LogP contribution in [0, 0.1) is 17.1 Å². The summed E-state index contributed by atoms with van der Waals surface area (Å²) >= 11 is 0. The van der Waals surface area contributed by atoms with Gasteiger partial charge in [-0.25, -0.2) is 18.5 Å². The molecule has 2 heterocycles. The fourth-order valence-corrected chi connectivity index (χ4v) is 3.96. The highest BCUT2D eigenvalue weighted by atomic mass is 19.1. The number of hydrogen-bond donors (Lipinski definition) is 1. The lowest BCUT2D eigenvalue weighted by Gasteiger charge is -2.16. The summed E-state index contributed by atoms with van der Waals surface area (Å²) < 4.78 is 21.3. The van der Waals surface area contributed by atoms with Crippen LogP contribution in [0.1, 0.15) is 11.1 Å². The van der Waals surface area contributed by atoms with E-state index in [1.807, 2.05) is 12.1 Å². The largest absolute Gasteiger partial charge is 0.497 e. The van der Waals surface area contributed by atoms with Gasteiger partial charge in [-0.15, -0.1) is 0 Å². The number of methoxy groups -OCH3 is 1. The third-order valence-electron chi connectivity index (χ3n) is 5.80. The van der Waals surface area contributed by atoms with Gasteiger partial charge in [0, 0.05) is 22.7 Å². The Labute approximate surface area is 209 Å². The molecular weight excluding hydrogens is 475 g/mol. The summed E-state index contributed by atoms with van der Waals surface area (Å²) in [6.45, 7) is -0.0856. The minimum Gasteiger partial charge on any atom is -0.497 e. The first-order valence-electron chi connectivity index (χ1n) is 11.1. The van der Waals surface area contributed by atoms with Gasteiger partial charge in [-0.3, -0.25) is 9.55 Å². The molecule has 0 radical (unpaired) electrons. The Bertz CT molecular complexity index is 1780. The molecule has 10 heteroatoms. The standard InChI is InChI=1S/C27H19FN6O3/c1-37-21-9-7-20(8-10-21)31-25-32-26(35)34(24-15-30-14-18-4-2-3-5-22(18)24)27(36)33(25)16-17-6-11-23(28)19(12-17)13-29/h2-12,14-15H,16H2,1H3,(H,31,32,35). The van der Waals surface area contributed by atoms with Crippen molar-refractivity contribution in [3.63, 3.8) is 0 Å². The van der Waals surface area contributed by atoms with Gasteiger partial charge in [-0.05, 0) is 42.0 Å². The molecule has 5 rings (SSSR count). The lowest BCUT2D eigenvalue weighted by atomic mass is 10.1. The van der Waals surface area contributed by atoms with Crippen molar-refractivity contribution in [3.8, 4) is 17.5 Å². The second kappa shape index (κ2) is 9.75. The number of ether oxygens (including phenoxy) is 1. The third-order valence-corrected chi connectivity index (χ3v) is 5.80.